The second-order valence-electron chi connectivity index (χ2n) is 5.60. The lowest BCUT2D eigenvalue weighted by Crippen LogP contribution is -1.89. The monoisotopic (exact) mass is 272 g/mol. The van der Waals surface area contributed by atoms with Crippen molar-refractivity contribution in [1.29, 1.82) is 0 Å². The minimum Gasteiger partial charge on any atom is -0.456 e. The first-order valence-corrected chi connectivity index (χ1v) is 7.22. The topological polar surface area (TPSA) is 9.23 Å². The van der Waals surface area contributed by atoms with Gasteiger partial charge in [0.1, 0.15) is 11.5 Å². The molecular formula is C20H16O. The maximum absolute atomic E-state index is 6.27. The van der Waals surface area contributed by atoms with E-state index in [0.29, 0.717) is 0 Å². The van der Waals surface area contributed by atoms with Gasteiger partial charge in [0.2, 0.25) is 0 Å². The third-order valence-electron chi connectivity index (χ3n) is 4.07. The maximum Gasteiger partial charge on any atom is 0.138 e. The lowest BCUT2D eigenvalue weighted by molar-refractivity contribution is 0.484. The van der Waals surface area contributed by atoms with Gasteiger partial charge in [-0.05, 0) is 42.7 Å². The highest BCUT2D eigenvalue weighted by molar-refractivity contribution is 5.91. The molecule has 1 nitrogen and oxygen atoms in total. The number of ether oxygens (including phenoxy) is 1. The van der Waals surface area contributed by atoms with Crippen LogP contribution in [0.15, 0.2) is 60.7 Å². The summed E-state index contributed by atoms with van der Waals surface area (Å²) < 4.78 is 6.27. The first kappa shape index (κ1) is 12.2. The second kappa shape index (κ2) is 4.49. The molecule has 1 aliphatic rings. The molecule has 0 unspecified atom stereocenters. The zero-order valence-corrected chi connectivity index (χ0v) is 12.2. The van der Waals surface area contributed by atoms with E-state index in [2.05, 4.69) is 74.5 Å². The Morgan fingerprint density at radius 1 is 0.667 bits per heavy atom. The molecule has 0 saturated heterocycles. The molecule has 21 heavy (non-hydrogen) atoms. The van der Waals surface area contributed by atoms with Crippen molar-refractivity contribution in [1.82, 2.24) is 0 Å². The van der Waals surface area contributed by atoms with Gasteiger partial charge in [-0.2, -0.15) is 0 Å². The first-order chi connectivity index (χ1) is 10.2. The summed E-state index contributed by atoms with van der Waals surface area (Å²) >= 11 is 0. The molecule has 3 aromatic rings. The van der Waals surface area contributed by atoms with E-state index >= 15 is 0 Å². The molecule has 0 bridgehead atoms. The summed E-state index contributed by atoms with van der Waals surface area (Å²) in [5.74, 6) is 1.90. The summed E-state index contributed by atoms with van der Waals surface area (Å²) in [6.45, 7) is 4.22. The molecule has 1 aliphatic heterocycles. The van der Waals surface area contributed by atoms with E-state index < -0.39 is 0 Å². The summed E-state index contributed by atoms with van der Waals surface area (Å²) in [7, 11) is 0. The fourth-order valence-electron chi connectivity index (χ4n) is 3.01. The van der Waals surface area contributed by atoms with Gasteiger partial charge in [-0.25, -0.2) is 0 Å². The summed E-state index contributed by atoms with van der Waals surface area (Å²) in [6, 6.07) is 21.2. The Hall–Kier alpha value is -2.54. The van der Waals surface area contributed by atoms with Crippen LogP contribution in [0.5, 0.6) is 11.5 Å². The largest absolute Gasteiger partial charge is 0.456 e. The van der Waals surface area contributed by atoms with Gasteiger partial charge in [0.25, 0.3) is 0 Å². The van der Waals surface area contributed by atoms with Gasteiger partial charge in [-0.15, -0.1) is 0 Å². The standard InChI is InChI=1S/C20H16O/c1-13-10-11-19-18(12-13)16-8-4-3-7-15(16)17-9-5-6-14(2)20(17)21-19/h3-12H,1-2H3. The van der Waals surface area contributed by atoms with Crippen molar-refractivity contribution in [2.24, 2.45) is 0 Å². The Balaban J connectivity index is 2.13. The van der Waals surface area contributed by atoms with Crippen LogP contribution in [0.3, 0.4) is 0 Å². The molecule has 0 radical (unpaired) electrons. The molecule has 1 heteroatoms. The SMILES string of the molecule is Cc1ccc2c(c1)-c1ccccc1-c1cccc(C)c1O2. The van der Waals surface area contributed by atoms with Gasteiger partial charge in [-0.1, -0.05) is 54.1 Å². The van der Waals surface area contributed by atoms with Crippen LogP contribution in [0.4, 0.5) is 0 Å². The van der Waals surface area contributed by atoms with Crippen LogP contribution in [-0.4, -0.2) is 0 Å². The highest BCUT2D eigenvalue weighted by Crippen LogP contribution is 2.47. The summed E-state index contributed by atoms with van der Waals surface area (Å²) in [5, 5.41) is 0. The van der Waals surface area contributed by atoms with Crippen molar-refractivity contribution >= 4 is 0 Å². The van der Waals surface area contributed by atoms with Crippen LogP contribution in [0.1, 0.15) is 11.1 Å². The first-order valence-electron chi connectivity index (χ1n) is 7.22. The Kier molecular flexibility index (Phi) is 2.61. The van der Waals surface area contributed by atoms with E-state index in [0.717, 1.165) is 17.1 Å². The lowest BCUT2D eigenvalue weighted by Gasteiger charge is -2.11. The summed E-state index contributed by atoms with van der Waals surface area (Å²) in [5.41, 5.74) is 7.22. The van der Waals surface area contributed by atoms with Crippen molar-refractivity contribution in [3.63, 3.8) is 0 Å². The molecule has 0 aromatic heterocycles. The fraction of sp³-hybridized carbons (Fsp3) is 0.100. The molecule has 0 spiro atoms. The number of rotatable bonds is 0. The van der Waals surface area contributed by atoms with Crippen molar-refractivity contribution in [3.8, 4) is 33.8 Å². The Morgan fingerprint density at radius 3 is 2.19 bits per heavy atom. The van der Waals surface area contributed by atoms with Crippen LogP contribution in [0.2, 0.25) is 0 Å². The molecule has 0 aliphatic carbocycles. The Bertz CT molecular complexity index is 831. The number of aryl methyl sites for hydroxylation is 2. The fourth-order valence-corrected chi connectivity index (χ4v) is 3.01. The number of para-hydroxylation sites is 1. The van der Waals surface area contributed by atoms with Crippen LogP contribution >= 0.6 is 0 Å². The average molecular weight is 272 g/mol. The Morgan fingerprint density at radius 2 is 1.38 bits per heavy atom. The maximum atomic E-state index is 6.27. The van der Waals surface area contributed by atoms with E-state index in [-0.39, 0.29) is 0 Å². The van der Waals surface area contributed by atoms with Crippen molar-refractivity contribution < 1.29 is 4.74 Å². The predicted molar refractivity (Wildman–Crippen MR) is 86.9 cm³/mol. The van der Waals surface area contributed by atoms with Crippen LogP contribution < -0.4 is 4.74 Å². The van der Waals surface area contributed by atoms with Crippen LogP contribution in [-0.2, 0) is 0 Å². The van der Waals surface area contributed by atoms with Gasteiger partial charge < -0.3 is 4.74 Å². The molecule has 0 fully saturated rings. The van der Waals surface area contributed by atoms with Gasteiger partial charge in [0.05, 0.1) is 0 Å². The molecule has 3 aromatic carbocycles. The lowest BCUT2D eigenvalue weighted by atomic mass is 9.93. The third-order valence-corrected chi connectivity index (χ3v) is 4.07. The van der Waals surface area contributed by atoms with E-state index in [9.17, 15) is 0 Å². The highest BCUT2D eigenvalue weighted by Gasteiger charge is 2.21. The molecule has 0 N–H and O–H groups in total. The van der Waals surface area contributed by atoms with Crippen molar-refractivity contribution in [2.45, 2.75) is 13.8 Å². The smallest absolute Gasteiger partial charge is 0.138 e. The van der Waals surface area contributed by atoms with E-state index in [1.807, 2.05) is 0 Å². The number of hydrogen-bond donors (Lipinski definition) is 0. The Labute approximate surface area is 124 Å². The number of benzene rings is 3. The quantitative estimate of drug-likeness (QED) is 0.396. The molecule has 0 amide bonds. The van der Waals surface area contributed by atoms with Crippen LogP contribution in [0, 0.1) is 13.8 Å². The minimum absolute atomic E-state index is 0.932. The molecule has 0 atom stereocenters. The normalized spacial score (nSPS) is 11.7. The van der Waals surface area contributed by atoms with E-state index in [1.54, 1.807) is 0 Å². The molecular weight excluding hydrogens is 256 g/mol. The predicted octanol–water partition coefficient (Wildman–Crippen LogP) is 5.74. The highest BCUT2D eigenvalue weighted by atomic mass is 16.5. The van der Waals surface area contributed by atoms with Gasteiger partial charge in [0.15, 0.2) is 0 Å². The van der Waals surface area contributed by atoms with Crippen molar-refractivity contribution in [3.05, 3.63) is 71.8 Å². The zero-order valence-electron chi connectivity index (χ0n) is 12.2. The average Bonchev–Trinajstić information content (AvgIpc) is 2.64. The minimum atomic E-state index is 0.932. The van der Waals surface area contributed by atoms with Crippen molar-refractivity contribution in [2.75, 3.05) is 0 Å². The summed E-state index contributed by atoms with van der Waals surface area (Å²) in [4.78, 5) is 0. The molecule has 4 rings (SSSR count). The third kappa shape index (κ3) is 1.85. The molecule has 1 heterocycles. The number of fused-ring (bicyclic) bond motifs is 5. The number of hydrogen-bond acceptors (Lipinski definition) is 1. The molecule has 0 saturated carbocycles. The van der Waals surface area contributed by atoms with E-state index in [1.165, 1.54) is 27.8 Å². The van der Waals surface area contributed by atoms with Gasteiger partial charge in [-0.3, -0.25) is 0 Å². The van der Waals surface area contributed by atoms with Gasteiger partial charge >= 0.3 is 0 Å². The molecule has 102 valence electrons. The summed E-state index contributed by atoms with van der Waals surface area (Å²) in [6.07, 6.45) is 0. The van der Waals surface area contributed by atoms with Gasteiger partial charge in [0, 0.05) is 11.1 Å². The zero-order chi connectivity index (χ0) is 14.4. The van der Waals surface area contributed by atoms with Crippen LogP contribution in [0.25, 0.3) is 22.3 Å². The second-order valence-corrected chi connectivity index (χ2v) is 5.60. The van der Waals surface area contributed by atoms with E-state index in [4.69, 9.17) is 4.74 Å².